The molecule has 88 valence electrons. The molecule has 0 atom stereocenters. The van der Waals surface area contributed by atoms with Gasteiger partial charge in [0.15, 0.2) is 0 Å². The average molecular weight is 230 g/mol. The maximum absolute atomic E-state index is 5.74. The van der Waals surface area contributed by atoms with Gasteiger partial charge in [0, 0.05) is 12.7 Å². The molecule has 17 heavy (non-hydrogen) atoms. The molecular weight excluding hydrogens is 216 g/mol. The van der Waals surface area contributed by atoms with E-state index in [-0.39, 0.29) is 5.41 Å². The van der Waals surface area contributed by atoms with E-state index in [4.69, 9.17) is 10.3 Å². The molecule has 1 saturated carbocycles. The van der Waals surface area contributed by atoms with E-state index in [1.54, 1.807) is 6.20 Å². The van der Waals surface area contributed by atoms with Gasteiger partial charge in [0.05, 0.1) is 5.41 Å². The molecule has 0 aromatic carbocycles. The van der Waals surface area contributed by atoms with Crippen molar-refractivity contribution in [3.05, 3.63) is 29.8 Å². The Morgan fingerprint density at radius 3 is 2.94 bits per heavy atom. The summed E-state index contributed by atoms with van der Waals surface area (Å²) in [7, 11) is 0. The van der Waals surface area contributed by atoms with Crippen LogP contribution in [0, 0.1) is 6.92 Å². The predicted octanol–water partition coefficient (Wildman–Crippen LogP) is 1.43. The Kier molecular flexibility index (Phi) is 2.22. The minimum absolute atomic E-state index is 0.0616. The molecule has 0 radical (unpaired) electrons. The molecular formula is C12H14N4O. The van der Waals surface area contributed by atoms with E-state index in [1.807, 2.05) is 19.1 Å². The third kappa shape index (κ3) is 1.63. The van der Waals surface area contributed by atoms with Crippen LogP contribution >= 0.6 is 0 Å². The van der Waals surface area contributed by atoms with Gasteiger partial charge in [-0.3, -0.25) is 4.98 Å². The van der Waals surface area contributed by atoms with E-state index < -0.39 is 0 Å². The molecule has 0 amide bonds. The summed E-state index contributed by atoms with van der Waals surface area (Å²) in [6.45, 7) is 2.55. The van der Waals surface area contributed by atoms with E-state index >= 15 is 0 Å². The third-order valence-corrected chi connectivity index (χ3v) is 3.35. The quantitative estimate of drug-likeness (QED) is 0.863. The minimum atomic E-state index is -0.0616. The van der Waals surface area contributed by atoms with Gasteiger partial charge >= 0.3 is 0 Å². The maximum Gasteiger partial charge on any atom is 0.234 e. The van der Waals surface area contributed by atoms with Crippen molar-refractivity contribution >= 4 is 0 Å². The summed E-state index contributed by atoms with van der Waals surface area (Å²) >= 11 is 0. The second kappa shape index (κ2) is 3.63. The fourth-order valence-electron chi connectivity index (χ4n) is 1.91. The number of nitrogens with zero attached hydrogens (tertiary/aromatic N) is 3. The lowest BCUT2D eigenvalue weighted by Crippen LogP contribution is -2.19. The van der Waals surface area contributed by atoms with Crippen LogP contribution in [-0.2, 0) is 5.41 Å². The normalized spacial score (nSPS) is 17.1. The topological polar surface area (TPSA) is 77.8 Å². The Labute approximate surface area is 99.1 Å². The lowest BCUT2D eigenvalue weighted by molar-refractivity contribution is 0.347. The van der Waals surface area contributed by atoms with Crippen LogP contribution in [0.3, 0.4) is 0 Å². The molecule has 0 bridgehead atoms. The van der Waals surface area contributed by atoms with E-state index in [2.05, 4.69) is 15.1 Å². The smallest absolute Gasteiger partial charge is 0.234 e. The lowest BCUT2D eigenvalue weighted by atomic mass is 10.1. The highest BCUT2D eigenvalue weighted by molar-refractivity contribution is 5.53. The van der Waals surface area contributed by atoms with Crippen LogP contribution in [0.5, 0.6) is 0 Å². The van der Waals surface area contributed by atoms with Crippen molar-refractivity contribution in [3.8, 4) is 11.5 Å². The van der Waals surface area contributed by atoms with E-state index in [0.29, 0.717) is 18.3 Å². The van der Waals surface area contributed by atoms with Crippen molar-refractivity contribution in [1.82, 2.24) is 15.1 Å². The number of nitrogens with two attached hydrogens (primary N) is 1. The van der Waals surface area contributed by atoms with Gasteiger partial charge in [0.1, 0.15) is 5.69 Å². The van der Waals surface area contributed by atoms with Crippen LogP contribution in [0.4, 0.5) is 0 Å². The number of hydrogen-bond acceptors (Lipinski definition) is 5. The molecule has 2 N–H and O–H groups in total. The molecule has 0 unspecified atom stereocenters. The molecule has 2 aromatic heterocycles. The van der Waals surface area contributed by atoms with Crippen molar-refractivity contribution < 1.29 is 4.52 Å². The van der Waals surface area contributed by atoms with Crippen LogP contribution in [0.1, 0.15) is 24.3 Å². The van der Waals surface area contributed by atoms with Gasteiger partial charge < -0.3 is 10.3 Å². The first-order chi connectivity index (χ1) is 8.25. The monoisotopic (exact) mass is 230 g/mol. The zero-order valence-corrected chi connectivity index (χ0v) is 9.68. The lowest BCUT2D eigenvalue weighted by Gasteiger charge is -2.03. The molecule has 1 aliphatic carbocycles. The first-order valence-electron chi connectivity index (χ1n) is 5.71. The zero-order valence-electron chi connectivity index (χ0n) is 9.68. The Hall–Kier alpha value is -1.75. The number of aryl methyl sites for hydroxylation is 1. The standard InChI is InChI=1S/C12H14N4O/c1-8-3-2-6-14-9(8)10-15-11(17-16-10)12(7-13)4-5-12/h2-3,6H,4-5,7,13H2,1H3. The molecule has 0 saturated heterocycles. The molecule has 1 aliphatic rings. The second-order valence-electron chi connectivity index (χ2n) is 4.58. The predicted molar refractivity (Wildman–Crippen MR) is 62.2 cm³/mol. The summed E-state index contributed by atoms with van der Waals surface area (Å²) in [6.07, 6.45) is 3.80. The highest BCUT2D eigenvalue weighted by Gasteiger charge is 2.48. The summed E-state index contributed by atoms with van der Waals surface area (Å²) in [4.78, 5) is 8.70. The maximum atomic E-state index is 5.74. The van der Waals surface area contributed by atoms with Crippen LogP contribution in [-0.4, -0.2) is 21.7 Å². The molecule has 1 fully saturated rings. The van der Waals surface area contributed by atoms with Crippen molar-refractivity contribution in [1.29, 1.82) is 0 Å². The molecule has 5 heteroatoms. The highest BCUT2D eigenvalue weighted by Crippen LogP contribution is 2.46. The Morgan fingerprint density at radius 1 is 1.47 bits per heavy atom. The second-order valence-corrected chi connectivity index (χ2v) is 4.58. The Bertz CT molecular complexity index is 545. The molecule has 2 heterocycles. The SMILES string of the molecule is Cc1cccnc1-c1noc(C2(CN)CC2)n1. The first-order valence-corrected chi connectivity index (χ1v) is 5.71. The summed E-state index contributed by atoms with van der Waals surface area (Å²) in [6, 6.07) is 3.87. The summed E-state index contributed by atoms with van der Waals surface area (Å²) in [5, 5.41) is 4.00. The van der Waals surface area contributed by atoms with Crippen molar-refractivity contribution in [2.24, 2.45) is 5.73 Å². The van der Waals surface area contributed by atoms with Gasteiger partial charge in [0.25, 0.3) is 0 Å². The van der Waals surface area contributed by atoms with Gasteiger partial charge in [-0.25, -0.2) is 0 Å². The number of pyridine rings is 1. The van der Waals surface area contributed by atoms with Gasteiger partial charge in [-0.2, -0.15) is 4.98 Å². The first kappa shape index (κ1) is 10.4. The Morgan fingerprint density at radius 2 is 2.29 bits per heavy atom. The number of aromatic nitrogens is 3. The van der Waals surface area contributed by atoms with Crippen molar-refractivity contribution in [3.63, 3.8) is 0 Å². The van der Waals surface area contributed by atoms with Crippen LogP contribution in [0.2, 0.25) is 0 Å². The molecule has 2 aromatic rings. The van der Waals surface area contributed by atoms with E-state index in [1.165, 1.54) is 0 Å². The zero-order chi connectivity index (χ0) is 11.9. The Balaban J connectivity index is 1.99. The largest absolute Gasteiger partial charge is 0.338 e. The fourth-order valence-corrected chi connectivity index (χ4v) is 1.91. The molecule has 5 nitrogen and oxygen atoms in total. The van der Waals surface area contributed by atoms with Gasteiger partial charge in [-0.15, -0.1) is 0 Å². The van der Waals surface area contributed by atoms with E-state index in [9.17, 15) is 0 Å². The van der Waals surface area contributed by atoms with Crippen molar-refractivity contribution in [2.45, 2.75) is 25.2 Å². The summed E-state index contributed by atoms with van der Waals surface area (Å²) < 4.78 is 5.31. The van der Waals surface area contributed by atoms with Gasteiger partial charge in [-0.05, 0) is 31.4 Å². The van der Waals surface area contributed by atoms with Crippen molar-refractivity contribution in [2.75, 3.05) is 6.54 Å². The molecule has 0 spiro atoms. The summed E-state index contributed by atoms with van der Waals surface area (Å²) in [5.41, 5.74) is 7.49. The number of rotatable bonds is 3. The average Bonchev–Trinajstić information content (AvgIpc) is 3.00. The van der Waals surface area contributed by atoms with E-state index in [0.717, 1.165) is 24.1 Å². The highest BCUT2D eigenvalue weighted by atomic mass is 16.5. The molecule has 3 rings (SSSR count). The summed E-state index contributed by atoms with van der Waals surface area (Å²) in [5.74, 6) is 1.21. The van der Waals surface area contributed by atoms with Gasteiger partial charge in [0.2, 0.25) is 11.7 Å². The van der Waals surface area contributed by atoms with Crippen LogP contribution in [0.15, 0.2) is 22.9 Å². The number of hydrogen-bond donors (Lipinski definition) is 1. The van der Waals surface area contributed by atoms with Crippen LogP contribution in [0.25, 0.3) is 11.5 Å². The van der Waals surface area contributed by atoms with Gasteiger partial charge in [-0.1, -0.05) is 11.2 Å². The minimum Gasteiger partial charge on any atom is -0.338 e. The third-order valence-electron chi connectivity index (χ3n) is 3.35. The van der Waals surface area contributed by atoms with Crippen LogP contribution < -0.4 is 5.73 Å². The molecule has 0 aliphatic heterocycles. The fraction of sp³-hybridized carbons (Fsp3) is 0.417.